The van der Waals surface area contributed by atoms with Crippen LogP contribution in [0.1, 0.15) is 5.56 Å². The van der Waals surface area contributed by atoms with Crippen molar-refractivity contribution in [1.82, 2.24) is 10.4 Å². The van der Waals surface area contributed by atoms with E-state index in [1.54, 1.807) is 6.07 Å². The fourth-order valence-electron chi connectivity index (χ4n) is 2.02. The fraction of sp³-hybridized carbons (Fsp3) is 0.0625. The highest BCUT2D eigenvalue weighted by Gasteiger charge is 2.13. The Balaban J connectivity index is 1.54. The Labute approximate surface area is 150 Å². The standard InChI is InChI=1S/C16H12N4O5S/c21-13-6-5-10(7-12(13)20(23)24)8-17-19-15(22)9-26-16-18-11-3-1-2-4-14(11)25-16/h1-8,21H,9H2,(H,19,22)/b17-8+. The van der Waals surface area contributed by atoms with E-state index in [1.165, 1.54) is 18.3 Å². The maximum Gasteiger partial charge on any atom is 0.311 e. The van der Waals surface area contributed by atoms with E-state index in [9.17, 15) is 20.0 Å². The number of aromatic hydroxyl groups is 1. The summed E-state index contributed by atoms with van der Waals surface area (Å²) >= 11 is 1.12. The van der Waals surface area contributed by atoms with Gasteiger partial charge in [0.25, 0.3) is 11.1 Å². The molecule has 2 aromatic carbocycles. The number of oxazole rings is 1. The first-order chi connectivity index (χ1) is 12.5. The fourth-order valence-corrected chi connectivity index (χ4v) is 2.65. The molecular formula is C16H12N4O5S. The van der Waals surface area contributed by atoms with Gasteiger partial charge in [0.1, 0.15) is 5.52 Å². The number of nitro groups is 1. The third-order valence-electron chi connectivity index (χ3n) is 3.20. The predicted molar refractivity (Wildman–Crippen MR) is 95.2 cm³/mol. The molecule has 0 unspecified atom stereocenters. The van der Waals surface area contributed by atoms with E-state index in [1.807, 2.05) is 18.2 Å². The van der Waals surface area contributed by atoms with Crippen molar-refractivity contribution in [2.24, 2.45) is 5.10 Å². The van der Waals surface area contributed by atoms with Gasteiger partial charge in [-0.2, -0.15) is 5.10 Å². The molecule has 1 heterocycles. The number of amides is 1. The molecule has 9 nitrogen and oxygen atoms in total. The highest BCUT2D eigenvalue weighted by atomic mass is 32.2. The number of phenols is 1. The van der Waals surface area contributed by atoms with E-state index in [0.29, 0.717) is 21.9 Å². The Morgan fingerprint density at radius 1 is 1.38 bits per heavy atom. The first-order valence-corrected chi connectivity index (χ1v) is 8.29. The molecule has 2 N–H and O–H groups in total. The summed E-state index contributed by atoms with van der Waals surface area (Å²) in [5.41, 5.74) is 3.58. The quantitative estimate of drug-likeness (QED) is 0.294. The number of rotatable bonds is 6. The molecule has 1 amide bonds. The number of nitro benzene ring substituents is 1. The van der Waals surface area contributed by atoms with Crippen molar-refractivity contribution in [3.05, 3.63) is 58.1 Å². The number of thioether (sulfide) groups is 1. The van der Waals surface area contributed by atoms with E-state index in [2.05, 4.69) is 15.5 Å². The number of nitrogens with one attached hydrogen (secondary N) is 1. The number of benzene rings is 2. The Kier molecular flexibility index (Phi) is 5.13. The van der Waals surface area contributed by atoms with Gasteiger partial charge in [0.05, 0.1) is 16.9 Å². The summed E-state index contributed by atoms with van der Waals surface area (Å²) in [4.78, 5) is 26.1. The summed E-state index contributed by atoms with van der Waals surface area (Å²) in [6.45, 7) is 0. The normalized spacial score (nSPS) is 11.1. The van der Waals surface area contributed by atoms with Gasteiger partial charge in [-0.25, -0.2) is 10.4 Å². The van der Waals surface area contributed by atoms with Crippen molar-refractivity contribution >= 4 is 40.7 Å². The first kappa shape index (κ1) is 17.4. The number of para-hydroxylation sites is 2. The van der Waals surface area contributed by atoms with E-state index in [0.717, 1.165) is 17.8 Å². The molecule has 3 aromatic rings. The van der Waals surface area contributed by atoms with E-state index < -0.39 is 16.4 Å². The number of aromatic nitrogens is 1. The second-order valence-corrected chi connectivity index (χ2v) is 5.96. The molecule has 0 atom stereocenters. The molecule has 0 aliphatic carbocycles. The highest BCUT2D eigenvalue weighted by molar-refractivity contribution is 7.99. The third kappa shape index (κ3) is 4.16. The minimum atomic E-state index is -0.706. The summed E-state index contributed by atoms with van der Waals surface area (Å²) < 4.78 is 5.48. The van der Waals surface area contributed by atoms with Gasteiger partial charge in [0.15, 0.2) is 11.3 Å². The van der Waals surface area contributed by atoms with Gasteiger partial charge >= 0.3 is 5.69 Å². The van der Waals surface area contributed by atoms with Crippen molar-refractivity contribution in [3.63, 3.8) is 0 Å². The average molecular weight is 372 g/mol. The van der Waals surface area contributed by atoms with Crippen molar-refractivity contribution < 1.29 is 19.2 Å². The second-order valence-electron chi connectivity index (χ2n) is 5.03. The number of fused-ring (bicyclic) bond motifs is 1. The van der Waals surface area contributed by atoms with Gasteiger partial charge in [0, 0.05) is 11.6 Å². The highest BCUT2D eigenvalue weighted by Crippen LogP contribution is 2.25. The summed E-state index contributed by atoms with van der Waals surface area (Å²) in [6.07, 6.45) is 1.24. The maximum absolute atomic E-state index is 11.8. The smallest absolute Gasteiger partial charge is 0.311 e. The second kappa shape index (κ2) is 7.66. The minimum Gasteiger partial charge on any atom is -0.502 e. The largest absolute Gasteiger partial charge is 0.502 e. The summed E-state index contributed by atoms with van der Waals surface area (Å²) in [5.74, 6) is -0.785. The van der Waals surface area contributed by atoms with Crippen LogP contribution in [-0.4, -0.2) is 32.9 Å². The summed E-state index contributed by atoms with van der Waals surface area (Å²) in [6, 6.07) is 11.0. The maximum atomic E-state index is 11.8. The molecule has 0 aliphatic heterocycles. The monoisotopic (exact) mass is 372 g/mol. The molecule has 26 heavy (non-hydrogen) atoms. The van der Waals surface area contributed by atoms with Gasteiger partial charge in [-0.15, -0.1) is 0 Å². The Hall–Kier alpha value is -3.40. The van der Waals surface area contributed by atoms with Crippen molar-refractivity contribution in [2.45, 2.75) is 5.22 Å². The van der Waals surface area contributed by atoms with Crippen LogP contribution in [0.5, 0.6) is 5.75 Å². The third-order valence-corrected chi connectivity index (χ3v) is 4.03. The number of nitrogens with zero attached hydrogens (tertiary/aromatic N) is 3. The van der Waals surface area contributed by atoms with Crippen LogP contribution in [0.15, 0.2) is 57.2 Å². The Bertz CT molecular complexity index is 968. The van der Waals surface area contributed by atoms with Crippen LogP contribution < -0.4 is 5.43 Å². The molecule has 0 spiro atoms. The average Bonchev–Trinajstić information content (AvgIpc) is 3.04. The van der Waals surface area contributed by atoms with Crippen LogP contribution in [0.2, 0.25) is 0 Å². The zero-order chi connectivity index (χ0) is 18.5. The lowest BCUT2D eigenvalue weighted by Gasteiger charge is -1.99. The zero-order valence-electron chi connectivity index (χ0n) is 13.2. The summed E-state index contributed by atoms with van der Waals surface area (Å²) in [5, 5.41) is 24.2. The number of carbonyl (C=O) groups excluding carboxylic acids is 1. The lowest BCUT2D eigenvalue weighted by Crippen LogP contribution is -2.19. The Morgan fingerprint density at radius 2 is 2.19 bits per heavy atom. The van der Waals surface area contributed by atoms with E-state index in [-0.39, 0.29) is 11.7 Å². The molecule has 0 fully saturated rings. The minimum absolute atomic E-state index is 0.0416. The van der Waals surface area contributed by atoms with Crippen LogP contribution >= 0.6 is 11.8 Å². The van der Waals surface area contributed by atoms with Crippen LogP contribution in [0.25, 0.3) is 11.1 Å². The topological polar surface area (TPSA) is 131 Å². The van der Waals surface area contributed by atoms with Crippen molar-refractivity contribution in [1.29, 1.82) is 0 Å². The number of phenolic OH excluding ortho intramolecular Hbond substituents is 1. The molecule has 0 saturated carbocycles. The molecule has 0 bridgehead atoms. The van der Waals surface area contributed by atoms with Gasteiger partial charge in [-0.05, 0) is 24.3 Å². The number of carbonyl (C=O) groups is 1. The Morgan fingerprint density at radius 3 is 2.96 bits per heavy atom. The van der Waals surface area contributed by atoms with Crippen molar-refractivity contribution in [2.75, 3.05) is 5.75 Å². The molecule has 0 aliphatic rings. The SMILES string of the molecule is O=C(CSc1nc2ccccc2o1)N/N=C/c1ccc(O)c([N+](=O)[O-])c1. The molecule has 1 aromatic heterocycles. The molecule has 0 radical (unpaired) electrons. The van der Waals surface area contributed by atoms with Crippen LogP contribution in [0, 0.1) is 10.1 Å². The molecule has 132 valence electrons. The summed E-state index contributed by atoms with van der Waals surface area (Å²) in [7, 11) is 0. The molecule has 3 rings (SSSR count). The van der Waals surface area contributed by atoms with Crippen molar-refractivity contribution in [3.8, 4) is 5.75 Å². The zero-order valence-corrected chi connectivity index (χ0v) is 14.0. The van der Waals surface area contributed by atoms with Gasteiger partial charge in [0.2, 0.25) is 0 Å². The van der Waals surface area contributed by atoms with Crippen LogP contribution in [0.3, 0.4) is 0 Å². The van der Waals surface area contributed by atoms with Crippen LogP contribution in [-0.2, 0) is 4.79 Å². The van der Waals surface area contributed by atoms with Gasteiger partial charge in [-0.3, -0.25) is 14.9 Å². The lowest BCUT2D eigenvalue weighted by molar-refractivity contribution is -0.385. The van der Waals surface area contributed by atoms with E-state index >= 15 is 0 Å². The molecular weight excluding hydrogens is 360 g/mol. The van der Waals surface area contributed by atoms with Gasteiger partial charge in [-0.1, -0.05) is 23.9 Å². The molecule has 0 saturated heterocycles. The number of hydrogen-bond donors (Lipinski definition) is 2. The number of hydrogen-bond acceptors (Lipinski definition) is 8. The lowest BCUT2D eigenvalue weighted by atomic mass is 10.2. The van der Waals surface area contributed by atoms with Crippen LogP contribution in [0.4, 0.5) is 5.69 Å². The number of hydrazone groups is 1. The molecule has 10 heteroatoms. The first-order valence-electron chi connectivity index (χ1n) is 7.30. The van der Waals surface area contributed by atoms with E-state index in [4.69, 9.17) is 4.42 Å². The van der Waals surface area contributed by atoms with Gasteiger partial charge < -0.3 is 9.52 Å². The predicted octanol–water partition coefficient (Wildman–Crippen LogP) is 2.68.